The van der Waals surface area contributed by atoms with Crippen LogP contribution in [-0.2, 0) is 9.47 Å². The largest absolute Gasteiger partial charge is 0.396 e. The highest BCUT2D eigenvalue weighted by molar-refractivity contribution is 4.68. The SMILES string of the molecule is CCOCCC(OCC)C(O)CCO. The Morgan fingerprint density at radius 1 is 1.14 bits per heavy atom. The molecule has 0 radical (unpaired) electrons. The number of ether oxygens (including phenoxy) is 2. The molecule has 0 spiro atoms. The zero-order chi connectivity index (χ0) is 10.8. The van der Waals surface area contributed by atoms with Crippen LogP contribution in [0.3, 0.4) is 0 Å². The van der Waals surface area contributed by atoms with Crippen molar-refractivity contribution in [1.82, 2.24) is 0 Å². The topological polar surface area (TPSA) is 58.9 Å². The molecule has 0 amide bonds. The molecule has 0 aliphatic carbocycles. The highest BCUT2D eigenvalue weighted by Gasteiger charge is 2.18. The average molecular weight is 206 g/mol. The Kier molecular flexibility index (Phi) is 9.29. The van der Waals surface area contributed by atoms with Crippen molar-refractivity contribution in [2.75, 3.05) is 26.4 Å². The van der Waals surface area contributed by atoms with Crippen molar-refractivity contribution in [2.45, 2.75) is 38.9 Å². The second kappa shape index (κ2) is 9.40. The van der Waals surface area contributed by atoms with Crippen LogP contribution in [0, 0.1) is 0 Å². The van der Waals surface area contributed by atoms with Crippen LogP contribution >= 0.6 is 0 Å². The third-order valence-corrected chi connectivity index (χ3v) is 1.99. The Balaban J connectivity index is 3.74. The van der Waals surface area contributed by atoms with Gasteiger partial charge in [-0.3, -0.25) is 0 Å². The lowest BCUT2D eigenvalue weighted by Gasteiger charge is -2.22. The van der Waals surface area contributed by atoms with Crippen LogP contribution in [0.25, 0.3) is 0 Å². The van der Waals surface area contributed by atoms with Crippen LogP contribution in [-0.4, -0.2) is 48.8 Å². The van der Waals surface area contributed by atoms with E-state index in [2.05, 4.69) is 0 Å². The molecule has 4 heteroatoms. The van der Waals surface area contributed by atoms with Crippen LogP contribution in [0.4, 0.5) is 0 Å². The molecule has 2 unspecified atom stereocenters. The average Bonchev–Trinajstić information content (AvgIpc) is 2.17. The maximum absolute atomic E-state index is 9.60. The third kappa shape index (κ3) is 6.32. The molecule has 14 heavy (non-hydrogen) atoms. The van der Waals surface area contributed by atoms with Gasteiger partial charge in [-0.15, -0.1) is 0 Å². The van der Waals surface area contributed by atoms with E-state index in [-0.39, 0.29) is 12.7 Å². The van der Waals surface area contributed by atoms with E-state index >= 15 is 0 Å². The highest BCUT2D eigenvalue weighted by Crippen LogP contribution is 2.08. The lowest BCUT2D eigenvalue weighted by atomic mass is 10.1. The van der Waals surface area contributed by atoms with Gasteiger partial charge in [0.1, 0.15) is 0 Å². The first kappa shape index (κ1) is 13.8. The van der Waals surface area contributed by atoms with E-state index in [1.165, 1.54) is 0 Å². The summed E-state index contributed by atoms with van der Waals surface area (Å²) in [5.74, 6) is 0. The van der Waals surface area contributed by atoms with Gasteiger partial charge in [-0.05, 0) is 26.7 Å². The van der Waals surface area contributed by atoms with Gasteiger partial charge in [0, 0.05) is 26.4 Å². The summed E-state index contributed by atoms with van der Waals surface area (Å²) in [5, 5.41) is 18.3. The van der Waals surface area contributed by atoms with Gasteiger partial charge in [0.2, 0.25) is 0 Å². The molecule has 0 aromatic rings. The van der Waals surface area contributed by atoms with Crippen molar-refractivity contribution in [1.29, 1.82) is 0 Å². The lowest BCUT2D eigenvalue weighted by molar-refractivity contribution is -0.0554. The first-order valence-corrected chi connectivity index (χ1v) is 5.24. The molecule has 2 N–H and O–H groups in total. The molecule has 0 rings (SSSR count). The van der Waals surface area contributed by atoms with Gasteiger partial charge in [0.05, 0.1) is 12.2 Å². The number of hydrogen-bond donors (Lipinski definition) is 2. The fraction of sp³-hybridized carbons (Fsp3) is 1.00. The van der Waals surface area contributed by atoms with Crippen LogP contribution in [0.2, 0.25) is 0 Å². The molecular formula is C10H22O4. The Labute approximate surface area is 85.8 Å². The van der Waals surface area contributed by atoms with Crippen molar-refractivity contribution in [3.63, 3.8) is 0 Å². The maximum atomic E-state index is 9.60. The molecule has 86 valence electrons. The second-order valence-corrected chi connectivity index (χ2v) is 3.06. The zero-order valence-corrected chi connectivity index (χ0v) is 9.11. The predicted octanol–water partition coefficient (Wildman–Crippen LogP) is 0.561. The van der Waals surface area contributed by atoms with Crippen molar-refractivity contribution < 1.29 is 19.7 Å². The molecule has 0 bridgehead atoms. The molecular weight excluding hydrogens is 184 g/mol. The highest BCUT2D eigenvalue weighted by atomic mass is 16.5. The monoisotopic (exact) mass is 206 g/mol. The smallest absolute Gasteiger partial charge is 0.0856 e. The van der Waals surface area contributed by atoms with E-state index in [4.69, 9.17) is 14.6 Å². The van der Waals surface area contributed by atoms with Crippen molar-refractivity contribution in [3.05, 3.63) is 0 Å². The van der Waals surface area contributed by atoms with Crippen LogP contribution in [0.1, 0.15) is 26.7 Å². The van der Waals surface area contributed by atoms with E-state index in [0.717, 1.165) is 0 Å². The zero-order valence-electron chi connectivity index (χ0n) is 9.11. The van der Waals surface area contributed by atoms with Gasteiger partial charge in [-0.1, -0.05) is 0 Å². The molecule has 0 fully saturated rings. The molecule has 0 saturated carbocycles. The summed E-state index contributed by atoms with van der Waals surface area (Å²) in [5.41, 5.74) is 0. The molecule has 0 aromatic carbocycles. The van der Waals surface area contributed by atoms with Crippen LogP contribution < -0.4 is 0 Å². The lowest BCUT2D eigenvalue weighted by Crippen LogP contribution is -2.31. The quantitative estimate of drug-likeness (QED) is 0.541. The van der Waals surface area contributed by atoms with Crippen LogP contribution in [0.5, 0.6) is 0 Å². The fourth-order valence-electron chi connectivity index (χ4n) is 1.26. The van der Waals surface area contributed by atoms with Gasteiger partial charge < -0.3 is 19.7 Å². The molecule has 0 aliphatic heterocycles. The van der Waals surface area contributed by atoms with E-state index in [1.54, 1.807) is 0 Å². The minimum absolute atomic E-state index is 0.0145. The molecule has 0 saturated heterocycles. The summed E-state index contributed by atoms with van der Waals surface area (Å²) in [6, 6.07) is 0. The Morgan fingerprint density at radius 2 is 1.86 bits per heavy atom. The van der Waals surface area contributed by atoms with Gasteiger partial charge >= 0.3 is 0 Å². The van der Waals surface area contributed by atoms with E-state index in [9.17, 15) is 5.11 Å². The molecule has 4 nitrogen and oxygen atoms in total. The van der Waals surface area contributed by atoms with Gasteiger partial charge in [0.15, 0.2) is 0 Å². The first-order chi connectivity index (χ1) is 6.76. The first-order valence-electron chi connectivity index (χ1n) is 5.24. The number of hydrogen-bond acceptors (Lipinski definition) is 4. The molecule has 0 heterocycles. The van der Waals surface area contributed by atoms with Crippen LogP contribution in [0.15, 0.2) is 0 Å². The summed E-state index contributed by atoms with van der Waals surface area (Å²) in [4.78, 5) is 0. The van der Waals surface area contributed by atoms with Crippen molar-refractivity contribution in [2.24, 2.45) is 0 Å². The number of rotatable bonds is 9. The Bertz CT molecular complexity index is 119. The number of aliphatic hydroxyl groups excluding tert-OH is 2. The summed E-state index contributed by atoms with van der Waals surface area (Å²) in [7, 11) is 0. The third-order valence-electron chi connectivity index (χ3n) is 1.99. The summed E-state index contributed by atoms with van der Waals surface area (Å²) < 4.78 is 10.5. The summed E-state index contributed by atoms with van der Waals surface area (Å²) >= 11 is 0. The van der Waals surface area contributed by atoms with E-state index in [1.807, 2.05) is 13.8 Å². The molecule has 0 aromatic heterocycles. The molecule has 0 aliphatic rings. The summed E-state index contributed by atoms with van der Waals surface area (Å²) in [6.07, 6.45) is 0.207. The normalized spacial score (nSPS) is 15.4. The number of aliphatic hydroxyl groups is 2. The Hall–Kier alpha value is -0.160. The predicted molar refractivity (Wildman–Crippen MR) is 54.2 cm³/mol. The Morgan fingerprint density at radius 3 is 2.36 bits per heavy atom. The molecule has 2 atom stereocenters. The van der Waals surface area contributed by atoms with Gasteiger partial charge in [0.25, 0.3) is 0 Å². The minimum Gasteiger partial charge on any atom is -0.396 e. The van der Waals surface area contributed by atoms with E-state index < -0.39 is 6.10 Å². The second-order valence-electron chi connectivity index (χ2n) is 3.06. The minimum atomic E-state index is -0.597. The van der Waals surface area contributed by atoms with Crippen molar-refractivity contribution >= 4 is 0 Å². The van der Waals surface area contributed by atoms with Gasteiger partial charge in [-0.25, -0.2) is 0 Å². The summed E-state index contributed by atoms with van der Waals surface area (Å²) in [6.45, 7) is 5.64. The standard InChI is InChI=1S/C10H22O4/c1-3-13-8-6-10(14-4-2)9(12)5-7-11/h9-12H,3-8H2,1-2H3. The van der Waals surface area contributed by atoms with E-state index in [0.29, 0.717) is 32.7 Å². The van der Waals surface area contributed by atoms with Gasteiger partial charge in [-0.2, -0.15) is 0 Å². The fourth-order valence-corrected chi connectivity index (χ4v) is 1.26. The maximum Gasteiger partial charge on any atom is 0.0856 e. The van der Waals surface area contributed by atoms with Crippen molar-refractivity contribution in [3.8, 4) is 0 Å².